The maximum absolute atomic E-state index is 14.4. The molecule has 1 heterocycles. The van der Waals surface area contributed by atoms with Crippen LogP contribution in [0, 0.1) is 12.7 Å². The Hall–Kier alpha value is -2.56. The molecular weight excluding hydrogens is 397 g/mol. The number of amides is 3. The third kappa shape index (κ3) is 3.92. The van der Waals surface area contributed by atoms with E-state index in [0.29, 0.717) is 16.7 Å². The molecule has 0 aliphatic carbocycles. The summed E-state index contributed by atoms with van der Waals surface area (Å²) in [5.74, 6) is -1.39. The zero-order valence-electron chi connectivity index (χ0n) is 14.1. The predicted octanol–water partition coefficient (Wildman–Crippen LogP) is 2.16. The zero-order valence-corrected chi connectivity index (χ0v) is 15.7. The summed E-state index contributed by atoms with van der Waals surface area (Å²) in [6.07, 6.45) is 0. The molecule has 0 saturated heterocycles. The van der Waals surface area contributed by atoms with E-state index in [1.807, 2.05) is 6.92 Å². The van der Waals surface area contributed by atoms with E-state index in [1.54, 1.807) is 14.0 Å². The molecule has 0 aliphatic heterocycles. The third-order valence-corrected chi connectivity index (χ3v) is 4.23. The number of urea groups is 1. The van der Waals surface area contributed by atoms with Gasteiger partial charge in [0, 0.05) is 25.1 Å². The topological polar surface area (TPSA) is 105 Å². The van der Waals surface area contributed by atoms with Gasteiger partial charge in [0.2, 0.25) is 5.95 Å². The van der Waals surface area contributed by atoms with Crippen molar-refractivity contribution in [3.05, 3.63) is 27.5 Å². The second kappa shape index (κ2) is 7.55. The number of halogens is 2. The summed E-state index contributed by atoms with van der Waals surface area (Å²) >= 11 is 3.21. The Balaban J connectivity index is 2.38. The van der Waals surface area contributed by atoms with Crippen molar-refractivity contribution in [2.75, 3.05) is 24.2 Å². The van der Waals surface area contributed by atoms with Crippen LogP contribution in [0.3, 0.4) is 0 Å². The number of aryl methyl sites for hydroxylation is 1. The maximum Gasteiger partial charge on any atom is 0.321 e. The van der Waals surface area contributed by atoms with E-state index in [0.717, 1.165) is 6.07 Å². The van der Waals surface area contributed by atoms with Gasteiger partial charge in [-0.15, -0.1) is 0 Å². The van der Waals surface area contributed by atoms with Crippen molar-refractivity contribution in [3.8, 4) is 0 Å². The van der Waals surface area contributed by atoms with Gasteiger partial charge in [-0.2, -0.15) is 0 Å². The molecule has 0 unspecified atom stereocenters. The normalized spacial score (nSPS) is 10.5. The molecule has 1 aromatic heterocycles. The van der Waals surface area contributed by atoms with Crippen LogP contribution in [0.5, 0.6) is 0 Å². The molecule has 2 rings (SSSR count). The van der Waals surface area contributed by atoms with Crippen LogP contribution in [-0.4, -0.2) is 50.6 Å². The van der Waals surface area contributed by atoms with Gasteiger partial charge in [-0.25, -0.2) is 13.9 Å². The first-order valence-corrected chi connectivity index (χ1v) is 8.10. The van der Waals surface area contributed by atoms with Crippen LogP contribution < -0.4 is 10.6 Å². The average molecular weight is 414 g/mol. The van der Waals surface area contributed by atoms with Crippen LogP contribution >= 0.6 is 15.9 Å². The van der Waals surface area contributed by atoms with Gasteiger partial charge in [0.1, 0.15) is 5.82 Å². The number of carbonyl (C=O) groups excluding carboxylic acids is 2. The molecule has 134 valence electrons. The molecule has 3 amide bonds. The van der Waals surface area contributed by atoms with E-state index in [2.05, 4.69) is 42.1 Å². The third-order valence-electron chi connectivity index (χ3n) is 3.61. The first kappa shape index (κ1) is 18.8. The van der Waals surface area contributed by atoms with Gasteiger partial charge in [0.05, 0.1) is 11.3 Å². The number of rotatable bonds is 4. The molecule has 9 nitrogen and oxygen atoms in total. The van der Waals surface area contributed by atoms with Gasteiger partial charge in [0.15, 0.2) is 0 Å². The van der Waals surface area contributed by atoms with E-state index in [-0.39, 0.29) is 23.1 Å². The van der Waals surface area contributed by atoms with Gasteiger partial charge in [-0.05, 0) is 51.8 Å². The Morgan fingerprint density at radius 1 is 1.40 bits per heavy atom. The van der Waals surface area contributed by atoms with Gasteiger partial charge >= 0.3 is 6.03 Å². The molecule has 1 aromatic carbocycles. The summed E-state index contributed by atoms with van der Waals surface area (Å²) in [6.45, 7) is 3.86. The summed E-state index contributed by atoms with van der Waals surface area (Å²) in [7, 11) is 3.16. The van der Waals surface area contributed by atoms with E-state index < -0.39 is 11.7 Å². The number of tetrazole rings is 1. The highest BCUT2D eigenvalue weighted by Gasteiger charge is 2.23. The van der Waals surface area contributed by atoms with Gasteiger partial charge in [-0.1, -0.05) is 5.10 Å². The SMILES string of the molecule is CCN(C)C(=O)Nc1c(Br)cc(F)c(C(=O)Nc2nnnn2C)c1C. The number of carbonyl (C=O) groups is 2. The number of nitrogens with zero attached hydrogens (tertiary/aromatic N) is 5. The van der Waals surface area contributed by atoms with Crippen LogP contribution in [0.15, 0.2) is 10.5 Å². The van der Waals surface area contributed by atoms with Crippen molar-refractivity contribution < 1.29 is 14.0 Å². The van der Waals surface area contributed by atoms with Crippen molar-refractivity contribution in [2.45, 2.75) is 13.8 Å². The largest absolute Gasteiger partial charge is 0.328 e. The molecule has 25 heavy (non-hydrogen) atoms. The molecule has 0 saturated carbocycles. The smallest absolute Gasteiger partial charge is 0.321 e. The van der Waals surface area contributed by atoms with E-state index in [4.69, 9.17) is 0 Å². The van der Waals surface area contributed by atoms with Crippen LogP contribution in [-0.2, 0) is 7.05 Å². The summed E-state index contributed by atoms with van der Waals surface area (Å²) in [6, 6.07) is 0.750. The van der Waals surface area contributed by atoms with Crippen LogP contribution in [0.4, 0.5) is 20.8 Å². The summed E-state index contributed by atoms with van der Waals surface area (Å²) in [5, 5.41) is 15.7. The highest BCUT2D eigenvalue weighted by molar-refractivity contribution is 9.10. The number of hydrogen-bond donors (Lipinski definition) is 2. The Kier molecular flexibility index (Phi) is 5.67. The monoisotopic (exact) mass is 413 g/mol. The Morgan fingerprint density at radius 2 is 2.08 bits per heavy atom. The van der Waals surface area contributed by atoms with Crippen molar-refractivity contribution >= 4 is 39.5 Å². The summed E-state index contributed by atoms with van der Waals surface area (Å²) < 4.78 is 15.9. The number of benzene rings is 1. The second-order valence-corrected chi connectivity index (χ2v) is 6.09. The fourth-order valence-corrected chi connectivity index (χ4v) is 2.61. The lowest BCUT2D eigenvalue weighted by Crippen LogP contribution is -2.31. The Morgan fingerprint density at radius 3 is 2.64 bits per heavy atom. The molecule has 0 aliphatic rings. The molecule has 0 bridgehead atoms. The Bertz CT molecular complexity index is 824. The number of hydrogen-bond acceptors (Lipinski definition) is 5. The minimum atomic E-state index is -0.737. The first-order valence-electron chi connectivity index (χ1n) is 7.30. The maximum atomic E-state index is 14.4. The number of anilines is 2. The molecular formula is C14H17BrFN7O2. The molecule has 11 heteroatoms. The fraction of sp³-hybridized carbons (Fsp3) is 0.357. The minimum Gasteiger partial charge on any atom is -0.328 e. The molecule has 2 N–H and O–H groups in total. The average Bonchev–Trinajstić information content (AvgIpc) is 2.95. The number of aromatic nitrogens is 4. The van der Waals surface area contributed by atoms with Gasteiger partial charge in [0.25, 0.3) is 5.91 Å². The predicted molar refractivity (Wildman–Crippen MR) is 92.9 cm³/mol. The fourth-order valence-electron chi connectivity index (χ4n) is 2.02. The lowest BCUT2D eigenvalue weighted by atomic mass is 10.1. The van der Waals surface area contributed by atoms with Crippen LogP contribution in [0.1, 0.15) is 22.8 Å². The van der Waals surface area contributed by atoms with Crippen molar-refractivity contribution in [3.63, 3.8) is 0 Å². The molecule has 0 spiro atoms. The zero-order chi connectivity index (χ0) is 18.7. The minimum absolute atomic E-state index is 0.0722. The van der Waals surface area contributed by atoms with Crippen molar-refractivity contribution in [2.24, 2.45) is 7.05 Å². The lowest BCUT2D eigenvalue weighted by molar-refractivity contribution is 0.102. The highest BCUT2D eigenvalue weighted by atomic mass is 79.9. The summed E-state index contributed by atoms with van der Waals surface area (Å²) in [4.78, 5) is 26.0. The molecule has 2 aromatic rings. The first-order chi connectivity index (χ1) is 11.8. The van der Waals surface area contributed by atoms with Crippen molar-refractivity contribution in [1.82, 2.24) is 25.1 Å². The van der Waals surface area contributed by atoms with E-state index in [1.165, 1.54) is 16.6 Å². The van der Waals surface area contributed by atoms with Crippen LogP contribution in [0.25, 0.3) is 0 Å². The second-order valence-electron chi connectivity index (χ2n) is 5.24. The summed E-state index contributed by atoms with van der Waals surface area (Å²) in [5.41, 5.74) is 0.381. The van der Waals surface area contributed by atoms with Gasteiger partial charge in [-0.3, -0.25) is 10.1 Å². The molecule has 0 fully saturated rings. The van der Waals surface area contributed by atoms with E-state index in [9.17, 15) is 14.0 Å². The molecule has 0 radical (unpaired) electrons. The Labute approximate surface area is 151 Å². The lowest BCUT2D eigenvalue weighted by Gasteiger charge is -2.19. The highest BCUT2D eigenvalue weighted by Crippen LogP contribution is 2.31. The number of nitrogens with one attached hydrogen (secondary N) is 2. The van der Waals surface area contributed by atoms with Crippen LogP contribution in [0.2, 0.25) is 0 Å². The van der Waals surface area contributed by atoms with Gasteiger partial charge < -0.3 is 10.2 Å². The molecule has 0 atom stereocenters. The quantitative estimate of drug-likeness (QED) is 0.798. The van der Waals surface area contributed by atoms with E-state index >= 15 is 0 Å². The standard InChI is InChI=1S/C14H17BrFN7O2/c1-5-22(3)14(25)17-11-7(2)10(9(16)6-8(11)15)12(24)18-13-19-20-21-23(13)4/h6H,5H2,1-4H3,(H,17,25)(H,18,19,21,24). The van der Waals surface area contributed by atoms with Crippen molar-refractivity contribution in [1.29, 1.82) is 0 Å².